The Hall–Kier alpha value is -1.38. The van der Waals surface area contributed by atoms with Gasteiger partial charge in [0, 0.05) is 0 Å². The first-order valence-corrected chi connectivity index (χ1v) is 4.02. The Morgan fingerprint density at radius 1 is 1.46 bits per heavy atom. The highest BCUT2D eigenvalue weighted by atomic mass is 19.1. The minimum absolute atomic E-state index is 0.512. The van der Waals surface area contributed by atoms with Crippen molar-refractivity contribution in [3.8, 4) is 0 Å². The molecule has 2 nitrogen and oxygen atoms in total. The maximum absolute atomic E-state index is 12.1. The lowest BCUT2D eigenvalue weighted by atomic mass is 10.0. The molecular weight excluding hydrogens is 171 g/mol. The number of hydrogen-bond acceptors (Lipinski definition) is 1. The minimum Gasteiger partial charge on any atom is -0.481 e. The van der Waals surface area contributed by atoms with Crippen LogP contribution in [0.15, 0.2) is 24.3 Å². The molecule has 1 atom stereocenters. The van der Waals surface area contributed by atoms with Crippen molar-refractivity contribution < 1.29 is 14.3 Å². The molecule has 0 bridgehead atoms. The third-order valence-electron chi connectivity index (χ3n) is 2.00. The van der Waals surface area contributed by atoms with E-state index in [1.807, 2.05) is 0 Å². The summed E-state index contributed by atoms with van der Waals surface area (Å²) in [5, 5.41) is 8.69. The first kappa shape index (κ1) is 9.71. The number of hydrogen-bond donors (Lipinski definition) is 1. The molecule has 1 N–H and O–H groups in total. The van der Waals surface area contributed by atoms with Crippen LogP contribution in [0.2, 0.25) is 0 Å². The van der Waals surface area contributed by atoms with Gasteiger partial charge < -0.3 is 5.11 Å². The van der Waals surface area contributed by atoms with Gasteiger partial charge in [-0.25, -0.2) is 4.39 Å². The molecule has 0 fully saturated rings. The van der Waals surface area contributed by atoms with E-state index in [1.165, 1.54) is 0 Å². The van der Waals surface area contributed by atoms with Crippen LogP contribution in [0.25, 0.3) is 0 Å². The molecule has 0 saturated heterocycles. The van der Waals surface area contributed by atoms with Gasteiger partial charge in [-0.2, -0.15) is 0 Å². The molecule has 13 heavy (non-hydrogen) atoms. The van der Waals surface area contributed by atoms with Crippen LogP contribution < -0.4 is 0 Å². The van der Waals surface area contributed by atoms with Crippen LogP contribution in [-0.4, -0.2) is 11.1 Å². The molecule has 1 rings (SSSR count). The van der Waals surface area contributed by atoms with Gasteiger partial charge in [0.05, 0.1) is 5.92 Å². The van der Waals surface area contributed by atoms with Crippen LogP contribution in [0.4, 0.5) is 4.39 Å². The van der Waals surface area contributed by atoms with Gasteiger partial charge in [-0.3, -0.25) is 4.79 Å². The molecule has 0 aliphatic heterocycles. The van der Waals surface area contributed by atoms with Gasteiger partial charge in [-0.05, 0) is 18.1 Å². The summed E-state index contributed by atoms with van der Waals surface area (Å²) in [5.74, 6) is -1.40. The lowest BCUT2D eigenvalue weighted by molar-refractivity contribution is -0.138. The Labute approximate surface area is 76.0 Å². The molecule has 0 saturated carbocycles. The molecule has 0 spiro atoms. The number of carboxylic acids is 1. The summed E-state index contributed by atoms with van der Waals surface area (Å²) in [6.45, 7) is 1.09. The highest BCUT2D eigenvalue weighted by Crippen LogP contribution is 2.16. The van der Waals surface area contributed by atoms with Gasteiger partial charge in [-0.1, -0.05) is 24.3 Å². The number of benzene rings is 1. The SMILES string of the molecule is CC(C(=O)O)c1ccc(CF)cc1. The highest BCUT2D eigenvalue weighted by Gasteiger charge is 2.12. The highest BCUT2D eigenvalue weighted by molar-refractivity contribution is 5.75. The van der Waals surface area contributed by atoms with Crippen LogP contribution in [0.3, 0.4) is 0 Å². The average molecular weight is 182 g/mol. The van der Waals surface area contributed by atoms with Crippen LogP contribution in [0.1, 0.15) is 24.0 Å². The first-order valence-electron chi connectivity index (χ1n) is 4.02. The molecule has 1 aromatic carbocycles. The third kappa shape index (κ3) is 2.28. The van der Waals surface area contributed by atoms with Gasteiger partial charge in [0.1, 0.15) is 6.67 Å². The molecule has 0 radical (unpaired) electrons. The van der Waals surface area contributed by atoms with Gasteiger partial charge in [0.25, 0.3) is 0 Å². The normalized spacial score (nSPS) is 12.5. The van der Waals surface area contributed by atoms with Crippen LogP contribution in [0.5, 0.6) is 0 Å². The zero-order valence-corrected chi connectivity index (χ0v) is 7.33. The largest absolute Gasteiger partial charge is 0.481 e. The third-order valence-corrected chi connectivity index (χ3v) is 2.00. The first-order chi connectivity index (χ1) is 6.15. The number of halogens is 1. The van der Waals surface area contributed by atoms with Crippen molar-refractivity contribution in [1.29, 1.82) is 0 Å². The van der Waals surface area contributed by atoms with Gasteiger partial charge in [0.2, 0.25) is 0 Å². The van der Waals surface area contributed by atoms with Crippen molar-refractivity contribution in [3.05, 3.63) is 35.4 Å². The number of aliphatic carboxylic acids is 1. The van der Waals surface area contributed by atoms with E-state index in [1.54, 1.807) is 31.2 Å². The molecule has 70 valence electrons. The van der Waals surface area contributed by atoms with Gasteiger partial charge >= 0.3 is 5.97 Å². The number of rotatable bonds is 3. The fraction of sp³-hybridized carbons (Fsp3) is 0.300. The lowest BCUT2D eigenvalue weighted by Gasteiger charge is -2.06. The predicted molar refractivity (Wildman–Crippen MR) is 47.3 cm³/mol. The summed E-state index contributed by atoms with van der Waals surface area (Å²) in [7, 11) is 0. The zero-order valence-electron chi connectivity index (χ0n) is 7.33. The van der Waals surface area contributed by atoms with Crippen molar-refractivity contribution in [2.75, 3.05) is 0 Å². The molecule has 0 aliphatic carbocycles. The van der Waals surface area contributed by atoms with Crippen molar-refractivity contribution >= 4 is 5.97 Å². The molecule has 0 aliphatic rings. The second-order valence-corrected chi connectivity index (χ2v) is 2.94. The number of carbonyl (C=O) groups is 1. The van der Waals surface area contributed by atoms with Crippen LogP contribution in [0, 0.1) is 0 Å². The van der Waals surface area contributed by atoms with Gasteiger partial charge in [-0.15, -0.1) is 0 Å². The summed E-state index contributed by atoms with van der Waals surface area (Å²) >= 11 is 0. The molecule has 3 heteroatoms. The maximum Gasteiger partial charge on any atom is 0.310 e. The number of carboxylic acid groups (broad SMARTS) is 1. The van der Waals surface area contributed by atoms with Crippen molar-refractivity contribution in [3.63, 3.8) is 0 Å². The predicted octanol–water partition coefficient (Wildman–Crippen LogP) is 2.34. The van der Waals surface area contributed by atoms with E-state index in [2.05, 4.69) is 0 Å². The summed E-state index contributed by atoms with van der Waals surface area (Å²) in [6, 6.07) is 6.50. The van der Waals surface area contributed by atoms with E-state index in [4.69, 9.17) is 5.11 Å². The van der Waals surface area contributed by atoms with Crippen molar-refractivity contribution in [2.45, 2.75) is 19.5 Å². The number of alkyl halides is 1. The zero-order chi connectivity index (χ0) is 9.84. The van der Waals surface area contributed by atoms with Crippen LogP contribution in [-0.2, 0) is 11.5 Å². The summed E-state index contributed by atoms with van der Waals surface area (Å²) in [4.78, 5) is 10.6. The van der Waals surface area contributed by atoms with E-state index in [-0.39, 0.29) is 0 Å². The molecular formula is C10H11FO2. The fourth-order valence-corrected chi connectivity index (χ4v) is 1.04. The van der Waals surface area contributed by atoms with E-state index in [0.717, 1.165) is 0 Å². The smallest absolute Gasteiger partial charge is 0.310 e. The standard InChI is InChI=1S/C10H11FO2/c1-7(10(12)13)9-4-2-8(6-11)3-5-9/h2-5,7H,6H2,1H3,(H,12,13). The lowest BCUT2D eigenvalue weighted by Crippen LogP contribution is -2.07. The Morgan fingerprint density at radius 2 is 2.00 bits per heavy atom. The Morgan fingerprint density at radius 3 is 2.38 bits per heavy atom. The quantitative estimate of drug-likeness (QED) is 0.779. The van der Waals surface area contributed by atoms with E-state index in [9.17, 15) is 9.18 Å². The molecule has 1 unspecified atom stereocenters. The molecule has 0 heterocycles. The van der Waals surface area contributed by atoms with Crippen molar-refractivity contribution in [2.24, 2.45) is 0 Å². The molecule has 0 aromatic heterocycles. The van der Waals surface area contributed by atoms with Crippen molar-refractivity contribution in [1.82, 2.24) is 0 Å². The Balaban J connectivity index is 2.85. The summed E-state index contributed by atoms with van der Waals surface area (Å²) in [5.41, 5.74) is 1.27. The topological polar surface area (TPSA) is 37.3 Å². The molecule has 0 amide bonds. The van der Waals surface area contributed by atoms with E-state index in [0.29, 0.717) is 11.1 Å². The minimum atomic E-state index is -0.868. The molecule has 1 aromatic rings. The van der Waals surface area contributed by atoms with E-state index >= 15 is 0 Å². The van der Waals surface area contributed by atoms with E-state index < -0.39 is 18.6 Å². The van der Waals surface area contributed by atoms with Crippen LogP contribution >= 0.6 is 0 Å². The summed E-state index contributed by atoms with van der Waals surface area (Å²) < 4.78 is 12.1. The second kappa shape index (κ2) is 4.03. The second-order valence-electron chi connectivity index (χ2n) is 2.94. The summed E-state index contributed by atoms with van der Waals surface area (Å²) in [6.07, 6.45) is 0. The fourth-order valence-electron chi connectivity index (χ4n) is 1.04. The average Bonchev–Trinajstić information content (AvgIpc) is 2.17. The maximum atomic E-state index is 12.1. The van der Waals surface area contributed by atoms with Gasteiger partial charge in [0.15, 0.2) is 0 Å². The Bertz CT molecular complexity index is 292. The monoisotopic (exact) mass is 182 g/mol. The Kier molecular flexibility index (Phi) is 3.01.